The van der Waals surface area contributed by atoms with E-state index in [1.54, 1.807) is 18.0 Å². The summed E-state index contributed by atoms with van der Waals surface area (Å²) in [6.07, 6.45) is 3.65. The average Bonchev–Trinajstić information content (AvgIpc) is 2.78. The molecule has 0 saturated carbocycles. The summed E-state index contributed by atoms with van der Waals surface area (Å²) in [6, 6.07) is 8.08. The lowest BCUT2D eigenvalue weighted by molar-refractivity contribution is 0.260. The molecule has 3 nitrogen and oxygen atoms in total. The monoisotopic (exact) mass is 235 g/mol. The van der Waals surface area contributed by atoms with Gasteiger partial charge in [0.25, 0.3) is 0 Å². The molecule has 0 aliphatic rings. The van der Waals surface area contributed by atoms with Gasteiger partial charge in [0.05, 0.1) is 6.61 Å². The van der Waals surface area contributed by atoms with Crippen LogP contribution in [0.25, 0.3) is 11.5 Å². The van der Waals surface area contributed by atoms with E-state index < -0.39 is 0 Å². The van der Waals surface area contributed by atoms with Gasteiger partial charge in [-0.15, -0.1) is 11.8 Å². The van der Waals surface area contributed by atoms with Crippen molar-refractivity contribution < 1.29 is 9.15 Å². The Bertz CT molecular complexity index is 450. The van der Waals surface area contributed by atoms with Crippen molar-refractivity contribution in [3.8, 4) is 17.4 Å². The minimum absolute atomic E-state index is 0.464. The van der Waals surface area contributed by atoms with Crippen LogP contribution >= 0.6 is 11.8 Å². The normalized spacial score (nSPS) is 10.4. The summed E-state index contributed by atoms with van der Waals surface area (Å²) >= 11 is 1.71. The van der Waals surface area contributed by atoms with Gasteiger partial charge < -0.3 is 9.15 Å². The second kappa shape index (κ2) is 5.07. The molecule has 0 N–H and O–H groups in total. The van der Waals surface area contributed by atoms with Crippen LogP contribution in [0.4, 0.5) is 0 Å². The maximum absolute atomic E-state index is 5.44. The van der Waals surface area contributed by atoms with Crippen LogP contribution in [0.5, 0.6) is 5.95 Å². The van der Waals surface area contributed by atoms with Gasteiger partial charge in [-0.25, -0.2) is 4.98 Å². The lowest BCUT2D eigenvalue weighted by Gasteiger charge is -1.98. The van der Waals surface area contributed by atoms with E-state index in [4.69, 9.17) is 9.15 Å². The van der Waals surface area contributed by atoms with Gasteiger partial charge in [0.2, 0.25) is 5.89 Å². The quantitative estimate of drug-likeness (QED) is 0.760. The number of rotatable bonds is 4. The Balaban J connectivity index is 2.21. The molecule has 0 saturated heterocycles. The molecule has 0 amide bonds. The van der Waals surface area contributed by atoms with Crippen molar-refractivity contribution in [3.05, 3.63) is 30.5 Å². The number of ether oxygens (including phenoxy) is 1. The first-order valence-electron chi connectivity index (χ1n) is 5.06. The predicted molar refractivity (Wildman–Crippen MR) is 64.9 cm³/mol. The lowest BCUT2D eigenvalue weighted by atomic mass is 10.2. The van der Waals surface area contributed by atoms with E-state index in [0.29, 0.717) is 18.4 Å². The van der Waals surface area contributed by atoms with Gasteiger partial charge in [-0.2, -0.15) is 0 Å². The van der Waals surface area contributed by atoms with Gasteiger partial charge in [0.15, 0.2) is 0 Å². The summed E-state index contributed by atoms with van der Waals surface area (Å²) < 4.78 is 10.7. The first-order chi connectivity index (χ1) is 7.83. The molecule has 0 aliphatic heterocycles. The molecular weight excluding hydrogens is 222 g/mol. The highest BCUT2D eigenvalue weighted by atomic mass is 32.2. The number of oxazole rings is 1. The van der Waals surface area contributed by atoms with Crippen LogP contribution in [0, 0.1) is 0 Å². The lowest BCUT2D eigenvalue weighted by Crippen LogP contribution is -1.87. The first kappa shape index (κ1) is 11.1. The number of hydrogen-bond donors (Lipinski definition) is 0. The molecule has 0 atom stereocenters. The van der Waals surface area contributed by atoms with Crippen LogP contribution in [-0.4, -0.2) is 17.8 Å². The maximum atomic E-state index is 5.44. The minimum atomic E-state index is 0.464. The van der Waals surface area contributed by atoms with Crippen molar-refractivity contribution in [2.75, 3.05) is 12.9 Å². The highest BCUT2D eigenvalue weighted by molar-refractivity contribution is 7.98. The van der Waals surface area contributed by atoms with Crippen LogP contribution in [0.2, 0.25) is 0 Å². The Labute approximate surface area is 98.8 Å². The molecule has 1 heterocycles. The molecule has 84 valence electrons. The Hall–Kier alpha value is -1.42. The Morgan fingerprint density at radius 2 is 2.06 bits per heavy atom. The SMILES string of the molecule is CCOc1cnc(-c2ccc(SC)cc2)o1. The molecule has 0 spiro atoms. The van der Waals surface area contributed by atoms with Gasteiger partial charge in [-0.1, -0.05) is 0 Å². The zero-order chi connectivity index (χ0) is 11.4. The van der Waals surface area contributed by atoms with E-state index in [0.717, 1.165) is 5.56 Å². The standard InChI is InChI=1S/C12H13NO2S/c1-3-14-11-8-13-12(15-11)9-4-6-10(16-2)7-5-9/h4-8H,3H2,1-2H3. The largest absolute Gasteiger partial charge is 0.464 e. The molecule has 0 unspecified atom stereocenters. The molecule has 0 aliphatic carbocycles. The number of nitrogens with zero attached hydrogens (tertiary/aromatic N) is 1. The van der Waals surface area contributed by atoms with Crippen LogP contribution in [0.3, 0.4) is 0 Å². The predicted octanol–water partition coefficient (Wildman–Crippen LogP) is 3.46. The summed E-state index contributed by atoms with van der Waals surface area (Å²) in [5.74, 6) is 1.06. The molecule has 0 radical (unpaired) electrons. The van der Waals surface area contributed by atoms with E-state index in [1.165, 1.54) is 4.90 Å². The second-order valence-electron chi connectivity index (χ2n) is 3.15. The third-order valence-electron chi connectivity index (χ3n) is 2.11. The van der Waals surface area contributed by atoms with Crippen molar-refractivity contribution in [1.29, 1.82) is 0 Å². The molecule has 0 fully saturated rings. The fraction of sp³-hybridized carbons (Fsp3) is 0.250. The van der Waals surface area contributed by atoms with Crippen molar-refractivity contribution in [1.82, 2.24) is 4.98 Å². The first-order valence-corrected chi connectivity index (χ1v) is 6.29. The molecular formula is C12H13NO2S. The van der Waals surface area contributed by atoms with Gasteiger partial charge in [-0.3, -0.25) is 0 Å². The fourth-order valence-electron chi connectivity index (χ4n) is 1.34. The van der Waals surface area contributed by atoms with Crippen molar-refractivity contribution in [3.63, 3.8) is 0 Å². The number of benzene rings is 1. The topological polar surface area (TPSA) is 35.3 Å². The zero-order valence-electron chi connectivity index (χ0n) is 9.27. The van der Waals surface area contributed by atoms with E-state index >= 15 is 0 Å². The number of hydrogen-bond acceptors (Lipinski definition) is 4. The molecule has 1 aromatic carbocycles. The molecule has 16 heavy (non-hydrogen) atoms. The summed E-state index contributed by atoms with van der Waals surface area (Å²) in [7, 11) is 0. The third kappa shape index (κ3) is 2.39. The molecule has 4 heteroatoms. The zero-order valence-corrected chi connectivity index (χ0v) is 10.1. The van der Waals surface area contributed by atoms with Gasteiger partial charge in [0.1, 0.15) is 6.20 Å². The molecule has 0 bridgehead atoms. The Kier molecular flexibility index (Phi) is 3.51. The molecule has 2 rings (SSSR count). The van der Waals surface area contributed by atoms with Crippen molar-refractivity contribution in [2.45, 2.75) is 11.8 Å². The summed E-state index contributed by atoms with van der Waals surface area (Å²) in [5, 5.41) is 0. The highest BCUT2D eigenvalue weighted by Crippen LogP contribution is 2.25. The fourth-order valence-corrected chi connectivity index (χ4v) is 1.74. The van der Waals surface area contributed by atoms with Crippen LogP contribution in [0.15, 0.2) is 39.8 Å². The third-order valence-corrected chi connectivity index (χ3v) is 2.85. The van der Waals surface area contributed by atoms with E-state index in [9.17, 15) is 0 Å². The second-order valence-corrected chi connectivity index (χ2v) is 4.03. The van der Waals surface area contributed by atoms with Crippen LogP contribution in [-0.2, 0) is 0 Å². The van der Waals surface area contributed by atoms with Crippen molar-refractivity contribution >= 4 is 11.8 Å². The Morgan fingerprint density at radius 3 is 2.69 bits per heavy atom. The van der Waals surface area contributed by atoms with Crippen LogP contribution < -0.4 is 4.74 Å². The Morgan fingerprint density at radius 1 is 1.31 bits per heavy atom. The van der Waals surface area contributed by atoms with Crippen LogP contribution in [0.1, 0.15) is 6.92 Å². The van der Waals surface area contributed by atoms with E-state index in [-0.39, 0.29) is 0 Å². The van der Waals surface area contributed by atoms with E-state index in [2.05, 4.69) is 4.98 Å². The maximum Gasteiger partial charge on any atom is 0.305 e. The molecule has 1 aromatic heterocycles. The summed E-state index contributed by atoms with van der Waals surface area (Å²) in [4.78, 5) is 5.38. The van der Waals surface area contributed by atoms with Crippen molar-refractivity contribution in [2.24, 2.45) is 0 Å². The smallest absolute Gasteiger partial charge is 0.305 e. The number of aromatic nitrogens is 1. The molecule has 2 aromatic rings. The summed E-state index contributed by atoms with van der Waals surface area (Å²) in [6.45, 7) is 2.50. The summed E-state index contributed by atoms with van der Waals surface area (Å²) in [5.41, 5.74) is 0.962. The number of thioether (sulfide) groups is 1. The minimum Gasteiger partial charge on any atom is -0.464 e. The average molecular weight is 235 g/mol. The highest BCUT2D eigenvalue weighted by Gasteiger charge is 2.06. The van der Waals surface area contributed by atoms with E-state index in [1.807, 2.05) is 37.4 Å². The van der Waals surface area contributed by atoms with Gasteiger partial charge in [-0.05, 0) is 37.4 Å². The van der Waals surface area contributed by atoms with Gasteiger partial charge >= 0.3 is 5.95 Å². The van der Waals surface area contributed by atoms with Gasteiger partial charge in [0, 0.05) is 10.5 Å².